The number of carbonyl (C=O) groups is 1. The summed E-state index contributed by atoms with van der Waals surface area (Å²) in [6.45, 7) is 1.76. The molecule has 3 N–H and O–H groups in total. The lowest BCUT2D eigenvalue weighted by atomic mass is 9.89. The fourth-order valence-electron chi connectivity index (χ4n) is 5.21. The Labute approximate surface area is 210 Å². The third-order valence-corrected chi connectivity index (χ3v) is 7.05. The molecule has 6 rings (SSSR count). The zero-order chi connectivity index (χ0) is 25.7. The second-order valence-corrected chi connectivity index (χ2v) is 9.26. The largest absolute Gasteiger partial charge is 0.481 e. The topological polar surface area (TPSA) is 104 Å². The number of benzene rings is 3. The first-order valence-corrected chi connectivity index (χ1v) is 11.8. The Balaban J connectivity index is 1.29. The van der Waals surface area contributed by atoms with Crippen LogP contribution in [0.5, 0.6) is 11.5 Å². The van der Waals surface area contributed by atoms with Gasteiger partial charge in [0.15, 0.2) is 17.4 Å². The Hall–Kier alpha value is -4.53. The molecule has 9 heteroatoms. The fourth-order valence-corrected chi connectivity index (χ4v) is 5.21. The number of aromatic nitrogens is 4. The highest BCUT2D eigenvalue weighted by atomic mass is 19.1. The molecule has 0 aliphatic heterocycles. The SMILES string of the molecule is Cc1c(Oc2ccc(F)c(-c3n[nH]c(CC4c5ccccc5CC4C(=O)O)n3)c2)c(F)cc2[nH]ccc12. The van der Waals surface area contributed by atoms with Crippen LogP contribution in [-0.4, -0.2) is 31.2 Å². The maximum absolute atomic E-state index is 14.8. The summed E-state index contributed by atoms with van der Waals surface area (Å²) in [7, 11) is 0. The van der Waals surface area contributed by atoms with Crippen molar-refractivity contribution in [3.05, 3.63) is 94.9 Å². The quantitative estimate of drug-likeness (QED) is 0.269. The molecule has 5 aromatic rings. The number of nitrogens with one attached hydrogen (secondary N) is 2. The maximum atomic E-state index is 14.8. The van der Waals surface area contributed by atoms with Crippen LogP contribution in [0.1, 0.15) is 28.4 Å². The van der Waals surface area contributed by atoms with Crippen molar-refractivity contribution in [1.82, 2.24) is 20.2 Å². The number of nitrogens with zero attached hydrogens (tertiary/aromatic N) is 2. The van der Waals surface area contributed by atoms with E-state index in [4.69, 9.17) is 4.74 Å². The van der Waals surface area contributed by atoms with Crippen LogP contribution < -0.4 is 4.74 Å². The highest BCUT2D eigenvalue weighted by molar-refractivity contribution is 5.85. The Morgan fingerprint density at radius 1 is 1.14 bits per heavy atom. The van der Waals surface area contributed by atoms with Gasteiger partial charge >= 0.3 is 5.97 Å². The number of carboxylic acids is 1. The van der Waals surface area contributed by atoms with Gasteiger partial charge in [0.2, 0.25) is 0 Å². The molecule has 2 unspecified atom stereocenters. The highest BCUT2D eigenvalue weighted by Gasteiger charge is 2.37. The van der Waals surface area contributed by atoms with E-state index >= 15 is 0 Å². The van der Waals surface area contributed by atoms with Gasteiger partial charge in [0.25, 0.3) is 0 Å². The van der Waals surface area contributed by atoms with Gasteiger partial charge in [0.1, 0.15) is 17.4 Å². The number of hydrogen-bond acceptors (Lipinski definition) is 4. The average molecular weight is 501 g/mol. The zero-order valence-corrected chi connectivity index (χ0v) is 19.8. The van der Waals surface area contributed by atoms with Crippen LogP contribution in [0.2, 0.25) is 0 Å². The number of fused-ring (bicyclic) bond motifs is 2. The first-order chi connectivity index (χ1) is 17.9. The molecule has 0 fully saturated rings. The lowest BCUT2D eigenvalue weighted by molar-refractivity contribution is -0.142. The Kier molecular flexibility index (Phi) is 5.48. The second kappa shape index (κ2) is 8.85. The van der Waals surface area contributed by atoms with Crippen molar-refractivity contribution in [2.75, 3.05) is 0 Å². The van der Waals surface area contributed by atoms with Crippen LogP contribution in [0.4, 0.5) is 8.78 Å². The van der Waals surface area contributed by atoms with Gasteiger partial charge < -0.3 is 14.8 Å². The minimum Gasteiger partial charge on any atom is -0.481 e. The normalized spacial score (nSPS) is 16.7. The van der Waals surface area contributed by atoms with Gasteiger partial charge in [-0.1, -0.05) is 24.3 Å². The number of halogens is 2. The second-order valence-electron chi connectivity index (χ2n) is 9.26. The van der Waals surface area contributed by atoms with E-state index in [2.05, 4.69) is 20.2 Å². The number of aliphatic carboxylic acids is 1. The number of rotatable bonds is 6. The lowest BCUT2D eigenvalue weighted by Crippen LogP contribution is -2.20. The van der Waals surface area contributed by atoms with Crippen LogP contribution in [0.3, 0.4) is 0 Å². The van der Waals surface area contributed by atoms with E-state index < -0.39 is 23.5 Å². The van der Waals surface area contributed by atoms with Gasteiger partial charge in [0, 0.05) is 41.1 Å². The van der Waals surface area contributed by atoms with Crippen LogP contribution >= 0.6 is 0 Å². The Morgan fingerprint density at radius 2 is 1.97 bits per heavy atom. The summed E-state index contributed by atoms with van der Waals surface area (Å²) < 4.78 is 35.4. The number of carboxylic acid groups (broad SMARTS) is 1. The summed E-state index contributed by atoms with van der Waals surface area (Å²) in [4.78, 5) is 19.3. The lowest BCUT2D eigenvalue weighted by Gasteiger charge is -2.15. The predicted molar refractivity (Wildman–Crippen MR) is 133 cm³/mol. The molecule has 0 saturated carbocycles. The van der Waals surface area contributed by atoms with E-state index in [0.717, 1.165) is 16.5 Å². The molecule has 2 heterocycles. The summed E-state index contributed by atoms with van der Waals surface area (Å²) in [5.41, 5.74) is 3.35. The van der Waals surface area contributed by atoms with Crippen molar-refractivity contribution < 1.29 is 23.4 Å². The van der Waals surface area contributed by atoms with Gasteiger partial charge in [0.05, 0.1) is 11.5 Å². The molecule has 7 nitrogen and oxygen atoms in total. The van der Waals surface area contributed by atoms with Crippen LogP contribution in [0.15, 0.2) is 60.8 Å². The third kappa shape index (κ3) is 4.02. The fraction of sp³-hybridized carbons (Fsp3) is 0.179. The van der Waals surface area contributed by atoms with Crippen molar-refractivity contribution in [2.45, 2.75) is 25.7 Å². The van der Waals surface area contributed by atoms with Crippen molar-refractivity contribution in [2.24, 2.45) is 5.92 Å². The number of ether oxygens (including phenoxy) is 1. The summed E-state index contributed by atoms with van der Waals surface area (Å²) in [5, 5.41) is 17.6. The molecule has 0 amide bonds. The van der Waals surface area contributed by atoms with E-state index in [1.54, 1.807) is 13.1 Å². The zero-order valence-electron chi connectivity index (χ0n) is 19.8. The standard InChI is InChI=1S/C28H22F2N4O3/c1-14-17-8-9-31-24(17)13-23(30)26(14)37-16-6-7-22(29)21(11-16)27-32-25(33-34-27)12-19-18-5-3-2-4-15(18)10-20(19)28(35)36/h2-9,11,13,19-20,31H,10,12H2,1H3,(H,35,36)(H,32,33,34). The molecular weight excluding hydrogens is 478 g/mol. The average Bonchev–Trinajstić information content (AvgIpc) is 3.62. The van der Waals surface area contributed by atoms with Gasteiger partial charge in [-0.05, 0) is 48.7 Å². The number of aryl methyl sites for hydroxylation is 1. The van der Waals surface area contributed by atoms with Crippen LogP contribution in [0, 0.1) is 24.5 Å². The summed E-state index contributed by atoms with van der Waals surface area (Å²) in [6.07, 6.45) is 2.50. The summed E-state index contributed by atoms with van der Waals surface area (Å²) in [6, 6.07) is 14.9. The molecule has 2 aromatic heterocycles. The Morgan fingerprint density at radius 3 is 2.81 bits per heavy atom. The monoisotopic (exact) mass is 500 g/mol. The molecule has 0 bridgehead atoms. The third-order valence-electron chi connectivity index (χ3n) is 7.05. The molecular formula is C28H22F2N4O3. The minimum atomic E-state index is -0.864. The molecule has 37 heavy (non-hydrogen) atoms. The number of H-pyrrole nitrogens is 2. The van der Waals surface area contributed by atoms with Gasteiger partial charge in [-0.2, -0.15) is 5.10 Å². The van der Waals surface area contributed by atoms with Crippen molar-refractivity contribution in [1.29, 1.82) is 0 Å². The maximum Gasteiger partial charge on any atom is 0.307 e. The van der Waals surface area contributed by atoms with Crippen molar-refractivity contribution in [3.8, 4) is 22.9 Å². The first kappa shape index (κ1) is 22.9. The molecule has 186 valence electrons. The van der Waals surface area contributed by atoms with E-state index in [1.165, 1.54) is 24.3 Å². The first-order valence-electron chi connectivity index (χ1n) is 11.8. The van der Waals surface area contributed by atoms with E-state index in [0.29, 0.717) is 29.7 Å². The Bertz CT molecular complexity index is 1660. The highest BCUT2D eigenvalue weighted by Crippen LogP contribution is 2.40. The molecule has 2 atom stereocenters. The molecule has 0 saturated heterocycles. The summed E-state index contributed by atoms with van der Waals surface area (Å²) >= 11 is 0. The van der Waals surface area contributed by atoms with Gasteiger partial charge in [-0.25, -0.2) is 13.8 Å². The van der Waals surface area contributed by atoms with Crippen molar-refractivity contribution in [3.63, 3.8) is 0 Å². The van der Waals surface area contributed by atoms with Crippen molar-refractivity contribution >= 4 is 16.9 Å². The van der Waals surface area contributed by atoms with Crippen LogP contribution in [-0.2, 0) is 17.6 Å². The van der Waals surface area contributed by atoms with Gasteiger partial charge in [-0.15, -0.1) is 0 Å². The smallest absolute Gasteiger partial charge is 0.307 e. The summed E-state index contributed by atoms with van der Waals surface area (Å²) in [5.74, 6) is -1.97. The predicted octanol–water partition coefficient (Wildman–Crippen LogP) is 5.92. The minimum absolute atomic E-state index is 0.0555. The molecule has 0 spiro atoms. The van der Waals surface area contributed by atoms with E-state index in [9.17, 15) is 18.7 Å². The van der Waals surface area contributed by atoms with Crippen LogP contribution in [0.25, 0.3) is 22.3 Å². The molecule has 1 aliphatic rings. The number of aromatic amines is 2. The van der Waals surface area contributed by atoms with E-state index in [1.807, 2.05) is 30.3 Å². The van der Waals surface area contributed by atoms with E-state index in [-0.39, 0.29) is 28.8 Å². The molecule has 3 aromatic carbocycles. The molecule has 0 radical (unpaired) electrons. The van der Waals surface area contributed by atoms with Gasteiger partial charge in [-0.3, -0.25) is 9.89 Å². The number of hydrogen-bond donors (Lipinski definition) is 3. The molecule has 1 aliphatic carbocycles.